The second-order valence-electron chi connectivity index (χ2n) is 2.17. The molecule has 0 aliphatic rings. The number of nitrogens with zero attached hydrogens (tertiary/aromatic N) is 1. The maximum Gasteiger partial charge on any atom is 0.330 e. The van der Waals surface area contributed by atoms with Crippen LogP contribution in [0.1, 0.15) is 0 Å². The van der Waals surface area contributed by atoms with Crippen LogP contribution in [-0.4, -0.2) is 38.1 Å². The predicted molar refractivity (Wildman–Crippen MR) is 45.7 cm³/mol. The molecule has 0 saturated heterocycles. The molecule has 0 aliphatic carbocycles. The first kappa shape index (κ1) is 12.8. The predicted octanol–water partition coefficient (Wildman–Crippen LogP) is 0.653. The van der Waals surface area contributed by atoms with E-state index in [1.54, 1.807) is 0 Å². The van der Waals surface area contributed by atoms with Gasteiger partial charge in [0, 0.05) is 12.6 Å². The Morgan fingerprint density at radius 1 is 1.64 bits per heavy atom. The van der Waals surface area contributed by atoms with Crippen molar-refractivity contribution in [3.05, 3.63) is 12.7 Å². The molecule has 4 heteroatoms. The average molecular weight is 161 g/mol. The van der Waals surface area contributed by atoms with E-state index in [0.29, 0.717) is 6.61 Å². The first-order valence-corrected chi connectivity index (χ1v) is 3.10. The third-order valence-corrected chi connectivity index (χ3v) is 0.949. The van der Waals surface area contributed by atoms with Crippen molar-refractivity contribution in [2.45, 2.75) is 0 Å². The first-order valence-electron chi connectivity index (χ1n) is 3.10. The zero-order valence-electron chi connectivity index (χ0n) is 7.46. The SMILES string of the molecule is C=CC(=O)OCCN(C)C.[NH4+]. The van der Waals surface area contributed by atoms with Gasteiger partial charge in [-0.2, -0.15) is 0 Å². The summed E-state index contributed by atoms with van der Waals surface area (Å²) in [7, 11) is 3.84. The Balaban J connectivity index is 0. The lowest BCUT2D eigenvalue weighted by Gasteiger charge is -2.07. The monoisotopic (exact) mass is 161 g/mol. The van der Waals surface area contributed by atoms with Crippen molar-refractivity contribution in [1.82, 2.24) is 11.1 Å². The van der Waals surface area contributed by atoms with Gasteiger partial charge < -0.3 is 15.8 Å². The van der Waals surface area contributed by atoms with Crippen molar-refractivity contribution in [2.24, 2.45) is 0 Å². The molecule has 0 aromatic rings. The molecule has 0 heterocycles. The summed E-state index contributed by atoms with van der Waals surface area (Å²) in [5.74, 6) is -0.359. The van der Waals surface area contributed by atoms with Crippen LogP contribution < -0.4 is 6.15 Å². The Morgan fingerprint density at radius 3 is 2.55 bits per heavy atom. The highest BCUT2D eigenvalue weighted by atomic mass is 16.5. The first-order chi connectivity index (χ1) is 4.66. The average Bonchev–Trinajstić information content (AvgIpc) is 1.87. The van der Waals surface area contributed by atoms with E-state index in [9.17, 15) is 4.79 Å². The van der Waals surface area contributed by atoms with E-state index in [4.69, 9.17) is 4.74 Å². The highest BCUT2D eigenvalue weighted by molar-refractivity contribution is 5.81. The number of carbonyl (C=O) groups is 1. The summed E-state index contributed by atoms with van der Waals surface area (Å²) in [6.07, 6.45) is 1.16. The van der Waals surface area contributed by atoms with Gasteiger partial charge in [-0.1, -0.05) is 6.58 Å². The number of likely N-dealkylation sites (N-methyl/N-ethyl adjacent to an activating group) is 1. The summed E-state index contributed by atoms with van der Waals surface area (Å²) < 4.78 is 4.70. The molecule has 0 bridgehead atoms. The molecule has 0 rings (SSSR count). The number of rotatable bonds is 4. The van der Waals surface area contributed by atoms with Crippen LogP contribution in [0.15, 0.2) is 12.7 Å². The van der Waals surface area contributed by atoms with Crippen molar-refractivity contribution in [3.8, 4) is 0 Å². The van der Waals surface area contributed by atoms with Crippen LogP contribution in [0.3, 0.4) is 0 Å². The summed E-state index contributed by atoms with van der Waals surface area (Å²) in [6.45, 7) is 4.45. The van der Waals surface area contributed by atoms with Crippen molar-refractivity contribution in [3.63, 3.8) is 0 Å². The molecule has 0 aliphatic heterocycles. The molecule has 0 radical (unpaired) electrons. The Morgan fingerprint density at radius 2 is 2.18 bits per heavy atom. The number of quaternary nitrogens is 1. The van der Waals surface area contributed by atoms with Crippen LogP contribution in [0.25, 0.3) is 0 Å². The lowest BCUT2D eigenvalue weighted by Crippen LogP contribution is -2.19. The molecule has 4 N–H and O–H groups in total. The van der Waals surface area contributed by atoms with E-state index in [1.165, 1.54) is 0 Å². The lowest BCUT2D eigenvalue weighted by molar-refractivity contribution is -0.137. The largest absolute Gasteiger partial charge is 0.461 e. The molecule has 0 aromatic heterocycles. The Kier molecular flexibility index (Phi) is 8.41. The topological polar surface area (TPSA) is 66.0 Å². The minimum Gasteiger partial charge on any atom is -0.461 e. The normalized spacial score (nSPS) is 8.64. The number of carbonyl (C=O) groups excluding carboxylic acids is 1. The highest BCUT2D eigenvalue weighted by Crippen LogP contribution is 1.80. The van der Waals surface area contributed by atoms with E-state index in [-0.39, 0.29) is 12.1 Å². The smallest absolute Gasteiger partial charge is 0.330 e. The number of hydrogen-bond acceptors (Lipinski definition) is 3. The Bertz CT molecular complexity index is 124. The van der Waals surface area contributed by atoms with E-state index in [1.807, 2.05) is 19.0 Å². The molecule has 0 atom stereocenters. The van der Waals surface area contributed by atoms with Crippen LogP contribution >= 0.6 is 0 Å². The minimum atomic E-state index is -0.359. The summed E-state index contributed by atoms with van der Waals surface area (Å²) in [6, 6.07) is 0. The van der Waals surface area contributed by atoms with E-state index in [0.717, 1.165) is 12.6 Å². The molecule has 66 valence electrons. The Labute approximate surface area is 67.4 Å². The van der Waals surface area contributed by atoms with Gasteiger partial charge in [-0.15, -0.1) is 0 Å². The van der Waals surface area contributed by atoms with Crippen LogP contribution in [0.2, 0.25) is 0 Å². The van der Waals surface area contributed by atoms with Gasteiger partial charge in [0.1, 0.15) is 6.61 Å². The van der Waals surface area contributed by atoms with E-state index < -0.39 is 0 Å². The van der Waals surface area contributed by atoms with Gasteiger partial charge in [-0.05, 0) is 14.1 Å². The molecular weight excluding hydrogens is 144 g/mol. The molecular formula is C7H17N2O2+. The van der Waals surface area contributed by atoms with Crippen LogP contribution in [0.4, 0.5) is 0 Å². The van der Waals surface area contributed by atoms with Gasteiger partial charge in [0.15, 0.2) is 0 Å². The van der Waals surface area contributed by atoms with Crippen LogP contribution in [-0.2, 0) is 9.53 Å². The summed E-state index contributed by atoms with van der Waals surface area (Å²) in [4.78, 5) is 12.4. The van der Waals surface area contributed by atoms with Crippen molar-refractivity contribution in [2.75, 3.05) is 27.2 Å². The molecule has 0 fully saturated rings. The quantitative estimate of drug-likeness (QED) is 0.486. The minimum absolute atomic E-state index is 0. The van der Waals surface area contributed by atoms with Crippen molar-refractivity contribution < 1.29 is 9.53 Å². The summed E-state index contributed by atoms with van der Waals surface area (Å²) >= 11 is 0. The van der Waals surface area contributed by atoms with Crippen LogP contribution in [0.5, 0.6) is 0 Å². The van der Waals surface area contributed by atoms with E-state index >= 15 is 0 Å². The maximum absolute atomic E-state index is 10.4. The van der Waals surface area contributed by atoms with Crippen LogP contribution in [0, 0.1) is 0 Å². The fraction of sp³-hybridized carbons (Fsp3) is 0.571. The number of esters is 1. The molecule has 0 spiro atoms. The Hall–Kier alpha value is -0.870. The third kappa shape index (κ3) is 9.13. The molecule has 0 aromatic carbocycles. The lowest BCUT2D eigenvalue weighted by atomic mass is 10.6. The molecule has 0 amide bonds. The number of ether oxygens (including phenoxy) is 1. The molecule has 0 unspecified atom stereocenters. The van der Waals surface area contributed by atoms with Crippen molar-refractivity contribution >= 4 is 5.97 Å². The van der Waals surface area contributed by atoms with E-state index in [2.05, 4.69) is 6.58 Å². The van der Waals surface area contributed by atoms with Gasteiger partial charge in [0.05, 0.1) is 0 Å². The standard InChI is InChI=1S/C7H13NO2.H3N/c1-4-7(9)10-6-5-8(2)3;/h4H,1,5-6H2,2-3H3;1H3/p+1. The molecule has 0 saturated carbocycles. The number of hydrogen-bond donors (Lipinski definition) is 1. The fourth-order valence-corrected chi connectivity index (χ4v) is 0.388. The zero-order valence-corrected chi connectivity index (χ0v) is 7.46. The summed E-state index contributed by atoms with van der Waals surface area (Å²) in [5, 5.41) is 0. The van der Waals surface area contributed by atoms with Gasteiger partial charge in [-0.25, -0.2) is 4.79 Å². The van der Waals surface area contributed by atoms with Gasteiger partial charge in [0.2, 0.25) is 0 Å². The van der Waals surface area contributed by atoms with Gasteiger partial charge >= 0.3 is 5.97 Å². The molecule has 11 heavy (non-hydrogen) atoms. The second kappa shape index (κ2) is 7.24. The fourth-order valence-electron chi connectivity index (χ4n) is 0.388. The van der Waals surface area contributed by atoms with Crippen molar-refractivity contribution in [1.29, 1.82) is 0 Å². The summed E-state index contributed by atoms with van der Waals surface area (Å²) in [5.41, 5.74) is 0. The van der Waals surface area contributed by atoms with Gasteiger partial charge in [0.25, 0.3) is 0 Å². The zero-order chi connectivity index (χ0) is 7.98. The second-order valence-corrected chi connectivity index (χ2v) is 2.17. The molecule has 4 nitrogen and oxygen atoms in total. The highest BCUT2D eigenvalue weighted by Gasteiger charge is 1.94. The van der Waals surface area contributed by atoms with Gasteiger partial charge in [-0.3, -0.25) is 0 Å². The maximum atomic E-state index is 10.4. The third-order valence-electron chi connectivity index (χ3n) is 0.949.